The Bertz CT molecular complexity index is 210. The van der Waals surface area contributed by atoms with Crippen molar-refractivity contribution in [3.05, 3.63) is 17.8 Å². The standard InChI is InChI=1S/C10H18N2O/c1-3-5-6-10-9(7-11-4-2)12-8-13-10/h8,11H,3-7H2,1-2H3. The zero-order valence-electron chi connectivity index (χ0n) is 8.47. The van der Waals surface area contributed by atoms with Crippen molar-refractivity contribution in [2.45, 2.75) is 39.7 Å². The van der Waals surface area contributed by atoms with Crippen molar-refractivity contribution in [1.29, 1.82) is 0 Å². The second kappa shape index (κ2) is 5.75. The van der Waals surface area contributed by atoms with Crippen LogP contribution >= 0.6 is 0 Å². The van der Waals surface area contributed by atoms with E-state index in [2.05, 4.69) is 24.1 Å². The Morgan fingerprint density at radius 1 is 1.46 bits per heavy atom. The molecular weight excluding hydrogens is 164 g/mol. The molecule has 0 amide bonds. The van der Waals surface area contributed by atoms with Gasteiger partial charge >= 0.3 is 0 Å². The predicted octanol–water partition coefficient (Wildman–Crippen LogP) is 2.13. The number of rotatable bonds is 6. The van der Waals surface area contributed by atoms with Gasteiger partial charge in [-0.3, -0.25) is 0 Å². The molecule has 0 radical (unpaired) electrons. The highest BCUT2D eigenvalue weighted by atomic mass is 16.3. The highest BCUT2D eigenvalue weighted by Gasteiger charge is 2.05. The molecule has 1 aromatic rings. The number of aromatic nitrogens is 1. The van der Waals surface area contributed by atoms with Crippen LogP contribution in [0.2, 0.25) is 0 Å². The number of nitrogens with one attached hydrogen (secondary N) is 1. The van der Waals surface area contributed by atoms with Crippen LogP contribution in [-0.4, -0.2) is 11.5 Å². The van der Waals surface area contributed by atoms with Crippen LogP contribution < -0.4 is 5.32 Å². The molecule has 13 heavy (non-hydrogen) atoms. The lowest BCUT2D eigenvalue weighted by molar-refractivity contribution is 0.490. The van der Waals surface area contributed by atoms with Gasteiger partial charge in [-0.1, -0.05) is 20.3 Å². The first-order valence-electron chi connectivity index (χ1n) is 5.00. The van der Waals surface area contributed by atoms with E-state index in [-0.39, 0.29) is 0 Å². The van der Waals surface area contributed by atoms with Gasteiger partial charge in [-0.05, 0) is 13.0 Å². The first kappa shape index (κ1) is 10.3. The van der Waals surface area contributed by atoms with Crippen LogP contribution in [-0.2, 0) is 13.0 Å². The summed E-state index contributed by atoms with van der Waals surface area (Å²) in [7, 11) is 0. The molecule has 0 bridgehead atoms. The minimum atomic E-state index is 0.825. The van der Waals surface area contributed by atoms with E-state index in [4.69, 9.17) is 4.42 Å². The maximum absolute atomic E-state index is 5.31. The third kappa shape index (κ3) is 3.19. The molecule has 0 saturated carbocycles. The van der Waals surface area contributed by atoms with E-state index in [0.29, 0.717) is 0 Å². The molecule has 0 spiro atoms. The van der Waals surface area contributed by atoms with Crippen molar-refractivity contribution in [2.24, 2.45) is 0 Å². The lowest BCUT2D eigenvalue weighted by Crippen LogP contribution is -2.13. The monoisotopic (exact) mass is 182 g/mol. The second-order valence-electron chi connectivity index (χ2n) is 3.11. The molecule has 1 aromatic heterocycles. The highest BCUT2D eigenvalue weighted by molar-refractivity contribution is 5.06. The molecule has 0 aliphatic heterocycles. The average Bonchev–Trinajstić information content (AvgIpc) is 2.59. The van der Waals surface area contributed by atoms with Crippen LogP contribution in [0.1, 0.15) is 38.1 Å². The van der Waals surface area contributed by atoms with E-state index in [0.717, 1.165) is 31.0 Å². The summed E-state index contributed by atoms with van der Waals surface area (Å²) < 4.78 is 5.31. The van der Waals surface area contributed by atoms with Gasteiger partial charge in [-0.2, -0.15) is 0 Å². The van der Waals surface area contributed by atoms with Crippen molar-refractivity contribution in [2.75, 3.05) is 6.54 Å². The lowest BCUT2D eigenvalue weighted by atomic mass is 10.2. The Hall–Kier alpha value is -0.830. The molecule has 3 heteroatoms. The van der Waals surface area contributed by atoms with Crippen molar-refractivity contribution >= 4 is 0 Å². The molecule has 0 unspecified atom stereocenters. The Labute approximate surface area is 79.5 Å². The van der Waals surface area contributed by atoms with E-state index in [9.17, 15) is 0 Å². The maximum Gasteiger partial charge on any atom is 0.181 e. The van der Waals surface area contributed by atoms with Crippen LogP contribution in [0, 0.1) is 0 Å². The summed E-state index contributed by atoms with van der Waals surface area (Å²) in [6.07, 6.45) is 4.92. The van der Waals surface area contributed by atoms with Gasteiger partial charge in [0.05, 0.1) is 5.69 Å². The molecule has 1 heterocycles. The third-order valence-corrected chi connectivity index (χ3v) is 2.03. The van der Waals surface area contributed by atoms with Crippen LogP contribution in [0.25, 0.3) is 0 Å². The smallest absolute Gasteiger partial charge is 0.181 e. The molecule has 1 rings (SSSR count). The number of hydrogen-bond donors (Lipinski definition) is 1. The Morgan fingerprint density at radius 2 is 2.31 bits per heavy atom. The van der Waals surface area contributed by atoms with E-state index in [1.807, 2.05) is 0 Å². The van der Waals surface area contributed by atoms with Crippen molar-refractivity contribution in [1.82, 2.24) is 10.3 Å². The Morgan fingerprint density at radius 3 is 3.00 bits per heavy atom. The van der Waals surface area contributed by atoms with Gasteiger partial charge in [0.1, 0.15) is 5.76 Å². The van der Waals surface area contributed by atoms with E-state index >= 15 is 0 Å². The summed E-state index contributed by atoms with van der Waals surface area (Å²) in [4.78, 5) is 4.18. The molecule has 1 N–H and O–H groups in total. The number of nitrogens with zero attached hydrogens (tertiary/aromatic N) is 1. The van der Waals surface area contributed by atoms with Gasteiger partial charge in [0.15, 0.2) is 6.39 Å². The average molecular weight is 182 g/mol. The molecule has 0 atom stereocenters. The molecular formula is C10H18N2O. The molecule has 0 fully saturated rings. The molecule has 0 aliphatic carbocycles. The summed E-state index contributed by atoms with van der Waals surface area (Å²) in [6.45, 7) is 6.07. The molecule has 0 aromatic carbocycles. The molecule has 0 aliphatic rings. The summed E-state index contributed by atoms with van der Waals surface area (Å²) in [5.41, 5.74) is 1.07. The second-order valence-corrected chi connectivity index (χ2v) is 3.11. The normalized spacial score (nSPS) is 10.6. The number of oxazole rings is 1. The Balaban J connectivity index is 2.45. The van der Waals surface area contributed by atoms with Crippen LogP contribution in [0.4, 0.5) is 0 Å². The summed E-state index contributed by atoms with van der Waals surface area (Å²) in [5.74, 6) is 1.04. The fourth-order valence-electron chi connectivity index (χ4n) is 1.22. The van der Waals surface area contributed by atoms with Gasteiger partial charge in [0.2, 0.25) is 0 Å². The number of aryl methyl sites for hydroxylation is 1. The maximum atomic E-state index is 5.31. The van der Waals surface area contributed by atoms with Crippen molar-refractivity contribution in [3.8, 4) is 0 Å². The zero-order chi connectivity index (χ0) is 9.52. The van der Waals surface area contributed by atoms with E-state index in [1.54, 1.807) is 0 Å². The topological polar surface area (TPSA) is 38.1 Å². The predicted molar refractivity (Wildman–Crippen MR) is 52.5 cm³/mol. The van der Waals surface area contributed by atoms with Crippen molar-refractivity contribution in [3.63, 3.8) is 0 Å². The fourth-order valence-corrected chi connectivity index (χ4v) is 1.22. The summed E-state index contributed by atoms with van der Waals surface area (Å²) >= 11 is 0. The first-order chi connectivity index (χ1) is 6.38. The van der Waals surface area contributed by atoms with Gasteiger partial charge < -0.3 is 9.73 Å². The largest absolute Gasteiger partial charge is 0.448 e. The number of hydrogen-bond acceptors (Lipinski definition) is 3. The van der Waals surface area contributed by atoms with Crippen LogP contribution in [0.5, 0.6) is 0 Å². The van der Waals surface area contributed by atoms with Gasteiger partial charge in [0.25, 0.3) is 0 Å². The first-order valence-corrected chi connectivity index (χ1v) is 5.00. The summed E-state index contributed by atoms with van der Waals surface area (Å²) in [6, 6.07) is 0. The minimum absolute atomic E-state index is 0.825. The third-order valence-electron chi connectivity index (χ3n) is 2.03. The number of unbranched alkanes of at least 4 members (excludes halogenated alkanes) is 1. The molecule has 3 nitrogen and oxygen atoms in total. The molecule has 0 saturated heterocycles. The van der Waals surface area contributed by atoms with Crippen LogP contribution in [0.3, 0.4) is 0 Å². The van der Waals surface area contributed by atoms with E-state index in [1.165, 1.54) is 19.2 Å². The molecule has 74 valence electrons. The van der Waals surface area contributed by atoms with Gasteiger partial charge in [-0.15, -0.1) is 0 Å². The SMILES string of the molecule is CCCCc1ocnc1CNCC. The van der Waals surface area contributed by atoms with Crippen LogP contribution in [0.15, 0.2) is 10.8 Å². The van der Waals surface area contributed by atoms with Gasteiger partial charge in [0, 0.05) is 13.0 Å². The van der Waals surface area contributed by atoms with E-state index < -0.39 is 0 Å². The van der Waals surface area contributed by atoms with Crippen molar-refractivity contribution < 1.29 is 4.42 Å². The fraction of sp³-hybridized carbons (Fsp3) is 0.700. The lowest BCUT2D eigenvalue weighted by Gasteiger charge is -2.00. The summed E-state index contributed by atoms with van der Waals surface area (Å²) in [5, 5.41) is 3.24. The zero-order valence-corrected chi connectivity index (χ0v) is 8.47. The van der Waals surface area contributed by atoms with Gasteiger partial charge in [-0.25, -0.2) is 4.98 Å². The Kier molecular flexibility index (Phi) is 4.54. The minimum Gasteiger partial charge on any atom is -0.448 e. The quantitative estimate of drug-likeness (QED) is 0.732. The highest BCUT2D eigenvalue weighted by Crippen LogP contribution is 2.10.